The third-order valence-corrected chi connectivity index (χ3v) is 4.85. The van der Waals surface area contributed by atoms with Crippen LogP contribution in [0.3, 0.4) is 0 Å². The monoisotopic (exact) mass is 393 g/mol. The van der Waals surface area contributed by atoms with Crippen molar-refractivity contribution in [3.63, 3.8) is 0 Å². The molecule has 0 N–H and O–H groups in total. The predicted molar refractivity (Wildman–Crippen MR) is 109 cm³/mol. The smallest absolute Gasteiger partial charge is 0.363 e. The number of carbonyl (C=O) groups is 1. The molecular formula is C22H13Cl2NO2. The van der Waals surface area contributed by atoms with Gasteiger partial charge in [0, 0.05) is 5.56 Å². The molecule has 0 saturated heterocycles. The van der Waals surface area contributed by atoms with Gasteiger partial charge in [0.15, 0.2) is 5.70 Å². The number of nitrogens with zero attached hydrogens (tertiary/aromatic N) is 1. The van der Waals surface area contributed by atoms with Gasteiger partial charge in [0.1, 0.15) is 0 Å². The van der Waals surface area contributed by atoms with Gasteiger partial charge in [-0.15, -0.1) is 0 Å². The zero-order chi connectivity index (χ0) is 18.8. The molecule has 0 saturated carbocycles. The van der Waals surface area contributed by atoms with Gasteiger partial charge >= 0.3 is 5.97 Å². The van der Waals surface area contributed by atoms with Crippen LogP contribution in [0.4, 0.5) is 0 Å². The lowest BCUT2D eigenvalue weighted by Gasteiger charge is -2.03. The fraction of sp³-hybridized carbons (Fsp3) is 0. The van der Waals surface area contributed by atoms with Crippen LogP contribution in [0, 0.1) is 0 Å². The van der Waals surface area contributed by atoms with Gasteiger partial charge in [-0.1, -0.05) is 71.7 Å². The molecule has 0 unspecified atom stereocenters. The zero-order valence-electron chi connectivity index (χ0n) is 14.0. The standard InChI is InChI=1S/C22H13Cl2NO2/c23-18-11-6-14(12-19(18)24)13-20-22(26)27-21(25-20)17-9-7-16(8-10-17)15-4-2-1-3-5-15/h1-13H. The third-order valence-electron chi connectivity index (χ3n) is 4.11. The van der Waals surface area contributed by atoms with E-state index in [-0.39, 0.29) is 11.6 Å². The lowest BCUT2D eigenvalue weighted by Crippen LogP contribution is -2.05. The van der Waals surface area contributed by atoms with Crippen molar-refractivity contribution in [2.45, 2.75) is 0 Å². The lowest BCUT2D eigenvalue weighted by atomic mass is 10.0. The van der Waals surface area contributed by atoms with E-state index >= 15 is 0 Å². The molecule has 0 aliphatic carbocycles. The molecule has 1 aliphatic heterocycles. The Morgan fingerprint density at radius 3 is 2.15 bits per heavy atom. The highest BCUT2D eigenvalue weighted by Crippen LogP contribution is 2.26. The first-order valence-corrected chi connectivity index (χ1v) is 8.99. The fourth-order valence-corrected chi connectivity index (χ4v) is 3.04. The van der Waals surface area contributed by atoms with Crippen LogP contribution in [0.25, 0.3) is 17.2 Å². The van der Waals surface area contributed by atoms with E-state index in [1.165, 1.54) is 0 Å². The molecule has 1 aliphatic rings. The zero-order valence-corrected chi connectivity index (χ0v) is 15.5. The van der Waals surface area contributed by atoms with Crippen LogP contribution in [-0.2, 0) is 9.53 Å². The van der Waals surface area contributed by atoms with Gasteiger partial charge in [-0.3, -0.25) is 0 Å². The molecule has 4 rings (SSSR count). The van der Waals surface area contributed by atoms with Gasteiger partial charge < -0.3 is 4.74 Å². The van der Waals surface area contributed by atoms with E-state index in [1.807, 2.05) is 54.6 Å². The number of benzene rings is 3. The summed E-state index contributed by atoms with van der Waals surface area (Å²) < 4.78 is 5.32. The van der Waals surface area contributed by atoms with Crippen molar-refractivity contribution < 1.29 is 9.53 Å². The molecule has 132 valence electrons. The summed E-state index contributed by atoms with van der Waals surface area (Å²) in [5.41, 5.74) is 3.88. The second kappa shape index (κ2) is 7.39. The molecule has 1 heterocycles. The van der Waals surface area contributed by atoms with Crippen LogP contribution in [-0.4, -0.2) is 11.9 Å². The van der Waals surface area contributed by atoms with E-state index in [1.54, 1.807) is 24.3 Å². The van der Waals surface area contributed by atoms with Gasteiger partial charge in [0.2, 0.25) is 5.90 Å². The van der Waals surface area contributed by atoms with Crippen molar-refractivity contribution in [1.82, 2.24) is 0 Å². The van der Waals surface area contributed by atoms with Crippen LogP contribution in [0.15, 0.2) is 83.5 Å². The van der Waals surface area contributed by atoms with Crippen LogP contribution in [0.5, 0.6) is 0 Å². The predicted octanol–water partition coefficient (Wildman–Crippen LogP) is 6.00. The molecule has 27 heavy (non-hydrogen) atoms. The fourth-order valence-electron chi connectivity index (χ4n) is 2.73. The highest BCUT2D eigenvalue weighted by atomic mass is 35.5. The highest BCUT2D eigenvalue weighted by Gasteiger charge is 2.24. The normalized spacial score (nSPS) is 15.0. The van der Waals surface area contributed by atoms with E-state index in [0.29, 0.717) is 10.0 Å². The van der Waals surface area contributed by atoms with Gasteiger partial charge in [-0.25, -0.2) is 9.79 Å². The molecule has 0 amide bonds. The lowest BCUT2D eigenvalue weighted by molar-refractivity contribution is -0.129. The summed E-state index contributed by atoms with van der Waals surface area (Å²) in [6, 6.07) is 22.9. The highest BCUT2D eigenvalue weighted by molar-refractivity contribution is 6.42. The van der Waals surface area contributed by atoms with Gasteiger partial charge in [-0.05, 0) is 47.0 Å². The van der Waals surface area contributed by atoms with Crippen LogP contribution in [0.1, 0.15) is 11.1 Å². The SMILES string of the molecule is O=C1OC(c2ccc(-c3ccccc3)cc2)=NC1=Cc1ccc(Cl)c(Cl)c1. The van der Waals surface area contributed by atoms with Crippen molar-refractivity contribution in [2.75, 3.05) is 0 Å². The van der Waals surface area contributed by atoms with Crippen molar-refractivity contribution >= 4 is 41.1 Å². The number of rotatable bonds is 3. The first kappa shape index (κ1) is 17.5. The number of carbonyl (C=O) groups excluding carboxylic acids is 1. The molecule has 3 nitrogen and oxygen atoms in total. The summed E-state index contributed by atoms with van der Waals surface area (Å²) in [5.74, 6) is -0.214. The Bertz CT molecular complexity index is 1070. The van der Waals surface area contributed by atoms with Crippen molar-refractivity contribution in [3.8, 4) is 11.1 Å². The number of cyclic esters (lactones) is 1. The minimum atomic E-state index is -0.497. The maximum Gasteiger partial charge on any atom is 0.363 e. The first-order valence-electron chi connectivity index (χ1n) is 8.23. The molecule has 3 aromatic rings. The van der Waals surface area contributed by atoms with Gasteiger partial charge in [0.05, 0.1) is 10.0 Å². The molecule has 0 bridgehead atoms. The van der Waals surface area contributed by atoms with Gasteiger partial charge in [-0.2, -0.15) is 0 Å². The molecule has 0 spiro atoms. The Kier molecular flexibility index (Phi) is 4.80. The molecule has 5 heteroatoms. The van der Waals surface area contributed by atoms with Crippen molar-refractivity contribution in [3.05, 3.63) is 99.7 Å². The summed E-state index contributed by atoms with van der Waals surface area (Å²) in [6.07, 6.45) is 1.62. The molecule has 0 fully saturated rings. The topological polar surface area (TPSA) is 38.7 Å². The maximum absolute atomic E-state index is 12.1. The second-order valence-electron chi connectivity index (χ2n) is 5.95. The molecular weight excluding hydrogens is 381 g/mol. The number of aliphatic imine (C=N–C) groups is 1. The molecule has 0 aromatic heterocycles. The molecule has 0 radical (unpaired) electrons. The minimum Gasteiger partial charge on any atom is -0.402 e. The number of esters is 1. The summed E-state index contributed by atoms with van der Waals surface area (Å²) >= 11 is 11.9. The van der Waals surface area contributed by atoms with Crippen molar-refractivity contribution in [1.29, 1.82) is 0 Å². The van der Waals surface area contributed by atoms with Crippen LogP contribution in [0.2, 0.25) is 10.0 Å². The van der Waals surface area contributed by atoms with E-state index in [4.69, 9.17) is 27.9 Å². The Morgan fingerprint density at radius 1 is 0.778 bits per heavy atom. The molecule has 0 atom stereocenters. The van der Waals surface area contributed by atoms with Crippen LogP contribution >= 0.6 is 23.2 Å². The summed E-state index contributed by atoms with van der Waals surface area (Å²) in [7, 11) is 0. The van der Waals surface area contributed by atoms with E-state index in [2.05, 4.69) is 4.99 Å². The number of hydrogen-bond donors (Lipinski definition) is 0. The van der Waals surface area contributed by atoms with Crippen LogP contribution < -0.4 is 0 Å². The van der Waals surface area contributed by atoms with E-state index in [0.717, 1.165) is 22.3 Å². The average Bonchev–Trinajstić information content (AvgIpc) is 3.06. The number of hydrogen-bond acceptors (Lipinski definition) is 3. The maximum atomic E-state index is 12.1. The molecule has 3 aromatic carbocycles. The Morgan fingerprint density at radius 2 is 1.44 bits per heavy atom. The van der Waals surface area contributed by atoms with Crippen molar-refractivity contribution in [2.24, 2.45) is 4.99 Å². The second-order valence-corrected chi connectivity index (χ2v) is 6.77. The largest absolute Gasteiger partial charge is 0.402 e. The quantitative estimate of drug-likeness (QED) is 0.403. The number of ether oxygens (including phenoxy) is 1. The Balaban J connectivity index is 1.61. The van der Waals surface area contributed by atoms with E-state index < -0.39 is 5.97 Å². The first-order chi connectivity index (χ1) is 13.1. The summed E-state index contributed by atoms with van der Waals surface area (Å²) in [5, 5.41) is 0.869. The Labute approximate surface area is 166 Å². The summed E-state index contributed by atoms with van der Waals surface area (Å²) in [6.45, 7) is 0. The minimum absolute atomic E-state index is 0.218. The van der Waals surface area contributed by atoms with E-state index in [9.17, 15) is 4.79 Å². The van der Waals surface area contributed by atoms with Gasteiger partial charge in [0.25, 0.3) is 0 Å². The average molecular weight is 394 g/mol. The summed E-state index contributed by atoms with van der Waals surface area (Å²) in [4.78, 5) is 16.5. The third kappa shape index (κ3) is 3.80. The Hall–Kier alpha value is -2.88. The number of halogens is 2.